The molecular weight excluding hydrogens is 913 g/mol. The molecule has 0 atom stereocenters. The highest BCUT2D eigenvalue weighted by Gasteiger charge is 2.46. The summed E-state index contributed by atoms with van der Waals surface area (Å²) in [6, 6.07) is 103. The van der Waals surface area contributed by atoms with Gasteiger partial charge in [0.05, 0.1) is 16.4 Å². The number of nitrogens with zero attached hydrogens (tertiary/aromatic N) is 2. The number of benzene rings is 12. The van der Waals surface area contributed by atoms with Crippen LogP contribution in [0.3, 0.4) is 0 Å². The number of hydrogen-bond acceptors (Lipinski definition) is 2. The Morgan fingerprint density at radius 2 is 0.919 bits per heavy atom. The van der Waals surface area contributed by atoms with Crippen molar-refractivity contribution in [3.05, 3.63) is 301 Å². The number of fused-ring (bicyclic) bond motifs is 11. The standard InChI is InChI=1S/C71H46N2S/c1-4-18-47(19-5-1)49-32-37-54(38-33-49)72(57-42-43-59-58-26-12-15-29-64(58)71(65(59)45-57,52-22-6-2-7-23-52)53-24-8-3-9-25-53)55-39-35-50(36-40-55)62-46-63-60-27-13-16-30-66(60)73(56-41-34-48-20-10-11-21-51(48)44-56)69(63)68-61-28-14-17-31-67(61)74-70(62)68/h1-46H. The highest BCUT2D eigenvalue weighted by atomic mass is 32.1. The maximum Gasteiger partial charge on any atom is 0.0714 e. The van der Waals surface area contributed by atoms with Crippen molar-refractivity contribution in [3.63, 3.8) is 0 Å². The molecule has 3 heteroatoms. The zero-order valence-electron chi connectivity index (χ0n) is 40.4. The molecule has 14 aromatic rings. The Kier molecular flexibility index (Phi) is 9.70. The molecule has 0 bridgehead atoms. The van der Waals surface area contributed by atoms with Gasteiger partial charge in [0.25, 0.3) is 0 Å². The third kappa shape index (κ3) is 6.43. The zero-order chi connectivity index (χ0) is 48.7. The number of anilines is 3. The molecule has 0 N–H and O–H groups in total. The first-order valence-electron chi connectivity index (χ1n) is 25.5. The highest BCUT2D eigenvalue weighted by molar-refractivity contribution is 7.26. The first-order chi connectivity index (χ1) is 36.7. The van der Waals surface area contributed by atoms with E-state index in [4.69, 9.17) is 0 Å². The summed E-state index contributed by atoms with van der Waals surface area (Å²) in [4.78, 5) is 2.44. The van der Waals surface area contributed by atoms with E-state index in [0.29, 0.717) is 0 Å². The third-order valence-corrected chi connectivity index (χ3v) is 16.8. The molecule has 12 aromatic carbocycles. The van der Waals surface area contributed by atoms with Gasteiger partial charge in [0, 0.05) is 59.3 Å². The average molecular weight is 959 g/mol. The van der Waals surface area contributed by atoms with Crippen LogP contribution in [0.25, 0.3) is 91.8 Å². The number of rotatable bonds is 8. The lowest BCUT2D eigenvalue weighted by Crippen LogP contribution is -2.28. The van der Waals surface area contributed by atoms with Gasteiger partial charge in [-0.2, -0.15) is 0 Å². The van der Waals surface area contributed by atoms with Crippen LogP contribution >= 0.6 is 11.3 Å². The van der Waals surface area contributed by atoms with Gasteiger partial charge in [0.2, 0.25) is 0 Å². The number of thiophene rings is 1. The Morgan fingerprint density at radius 1 is 0.351 bits per heavy atom. The van der Waals surface area contributed by atoms with Crippen LogP contribution in [0.5, 0.6) is 0 Å². The first kappa shape index (κ1) is 42.4. The van der Waals surface area contributed by atoms with Crippen molar-refractivity contribution < 1.29 is 0 Å². The Balaban J connectivity index is 0.932. The minimum Gasteiger partial charge on any atom is -0.310 e. The lowest BCUT2D eigenvalue weighted by Gasteiger charge is -2.35. The summed E-state index contributed by atoms with van der Waals surface area (Å²) in [7, 11) is 0. The quantitative estimate of drug-likeness (QED) is 0.147. The second-order valence-corrected chi connectivity index (χ2v) is 20.6. The van der Waals surface area contributed by atoms with Crippen molar-refractivity contribution in [2.24, 2.45) is 0 Å². The molecule has 0 radical (unpaired) electrons. The van der Waals surface area contributed by atoms with Crippen LogP contribution in [0.15, 0.2) is 279 Å². The maximum atomic E-state index is 2.51. The topological polar surface area (TPSA) is 8.17 Å². The fourth-order valence-corrected chi connectivity index (χ4v) is 13.6. The van der Waals surface area contributed by atoms with Crippen molar-refractivity contribution in [2.75, 3.05) is 4.90 Å². The van der Waals surface area contributed by atoms with Gasteiger partial charge < -0.3 is 9.47 Å². The summed E-state index contributed by atoms with van der Waals surface area (Å²) in [5.74, 6) is 0. The van der Waals surface area contributed by atoms with Crippen LogP contribution < -0.4 is 4.90 Å². The van der Waals surface area contributed by atoms with E-state index in [1.54, 1.807) is 0 Å². The lowest BCUT2D eigenvalue weighted by molar-refractivity contribution is 0.768. The molecule has 15 rings (SSSR count). The minimum atomic E-state index is -0.525. The average Bonchev–Trinajstić information content (AvgIpc) is 4.19. The van der Waals surface area contributed by atoms with Crippen molar-refractivity contribution >= 4 is 81.1 Å². The maximum absolute atomic E-state index is 2.51. The molecule has 0 amide bonds. The van der Waals surface area contributed by atoms with E-state index in [-0.39, 0.29) is 0 Å². The number of aromatic nitrogens is 1. The second-order valence-electron chi connectivity index (χ2n) is 19.6. The van der Waals surface area contributed by atoms with Gasteiger partial charge in [0.1, 0.15) is 0 Å². The molecule has 2 nitrogen and oxygen atoms in total. The molecule has 0 saturated carbocycles. The van der Waals surface area contributed by atoms with Gasteiger partial charge >= 0.3 is 0 Å². The van der Waals surface area contributed by atoms with Crippen LogP contribution in [-0.2, 0) is 5.41 Å². The summed E-state index contributed by atoms with van der Waals surface area (Å²) in [6.45, 7) is 0. The fraction of sp³-hybridized carbons (Fsp3) is 0.0141. The summed E-state index contributed by atoms with van der Waals surface area (Å²) in [6.07, 6.45) is 0. The van der Waals surface area contributed by atoms with E-state index in [1.165, 1.54) is 114 Å². The van der Waals surface area contributed by atoms with Crippen molar-refractivity contribution in [1.29, 1.82) is 0 Å². The predicted molar refractivity (Wildman–Crippen MR) is 314 cm³/mol. The Hall–Kier alpha value is -9.28. The van der Waals surface area contributed by atoms with Crippen molar-refractivity contribution in [1.82, 2.24) is 4.57 Å². The van der Waals surface area contributed by atoms with Gasteiger partial charge in [-0.1, -0.05) is 212 Å². The number of para-hydroxylation sites is 1. The van der Waals surface area contributed by atoms with Crippen LogP contribution in [0.1, 0.15) is 22.3 Å². The summed E-state index contributed by atoms with van der Waals surface area (Å²) in [5, 5.41) is 7.56. The van der Waals surface area contributed by atoms with E-state index in [1.807, 2.05) is 11.3 Å². The predicted octanol–water partition coefficient (Wildman–Crippen LogP) is 19.5. The minimum absolute atomic E-state index is 0.525. The van der Waals surface area contributed by atoms with Gasteiger partial charge in [-0.05, 0) is 128 Å². The first-order valence-corrected chi connectivity index (χ1v) is 26.3. The lowest BCUT2D eigenvalue weighted by atomic mass is 9.67. The Bertz CT molecular complexity index is 4420. The Morgan fingerprint density at radius 3 is 1.66 bits per heavy atom. The Labute approximate surface area is 433 Å². The molecule has 346 valence electrons. The number of hydrogen-bond donors (Lipinski definition) is 0. The molecule has 1 aliphatic carbocycles. The van der Waals surface area contributed by atoms with Crippen LogP contribution in [0.4, 0.5) is 17.1 Å². The molecule has 0 unspecified atom stereocenters. The molecule has 0 fully saturated rings. The molecular formula is C71H46N2S. The van der Waals surface area contributed by atoms with Crippen LogP contribution in [0.2, 0.25) is 0 Å². The summed E-state index contributed by atoms with van der Waals surface area (Å²) < 4.78 is 5.08. The normalized spacial score (nSPS) is 12.7. The molecule has 2 aromatic heterocycles. The van der Waals surface area contributed by atoms with E-state index < -0.39 is 5.41 Å². The van der Waals surface area contributed by atoms with E-state index >= 15 is 0 Å². The largest absolute Gasteiger partial charge is 0.310 e. The SMILES string of the molecule is c1ccc(-c2ccc(N(c3ccc(-c4cc5c6ccccc6n(-c6ccc7ccccc7c6)c5c5c4sc4ccccc45)cc3)c3ccc4c(c3)C(c3ccccc3)(c3ccccc3)c3ccccc3-4)cc2)cc1. The highest BCUT2D eigenvalue weighted by Crippen LogP contribution is 2.57. The zero-order valence-corrected chi connectivity index (χ0v) is 41.2. The van der Waals surface area contributed by atoms with Crippen molar-refractivity contribution in [2.45, 2.75) is 5.41 Å². The van der Waals surface area contributed by atoms with E-state index in [2.05, 4.69) is 289 Å². The fourth-order valence-electron chi connectivity index (χ4n) is 12.4. The van der Waals surface area contributed by atoms with Crippen LogP contribution in [-0.4, -0.2) is 4.57 Å². The van der Waals surface area contributed by atoms with Gasteiger partial charge in [-0.25, -0.2) is 0 Å². The molecule has 2 heterocycles. The van der Waals surface area contributed by atoms with E-state index in [9.17, 15) is 0 Å². The molecule has 0 aliphatic heterocycles. The van der Waals surface area contributed by atoms with Crippen LogP contribution in [0, 0.1) is 0 Å². The molecule has 74 heavy (non-hydrogen) atoms. The smallest absolute Gasteiger partial charge is 0.0714 e. The van der Waals surface area contributed by atoms with Gasteiger partial charge in [-0.15, -0.1) is 11.3 Å². The molecule has 0 saturated heterocycles. The van der Waals surface area contributed by atoms with Gasteiger partial charge in [-0.3, -0.25) is 0 Å². The van der Waals surface area contributed by atoms with Gasteiger partial charge in [0.15, 0.2) is 0 Å². The van der Waals surface area contributed by atoms with Crippen molar-refractivity contribution in [3.8, 4) is 39.1 Å². The summed E-state index contributed by atoms with van der Waals surface area (Å²) >= 11 is 1.90. The molecule has 1 aliphatic rings. The van der Waals surface area contributed by atoms with E-state index in [0.717, 1.165) is 17.1 Å². The third-order valence-electron chi connectivity index (χ3n) is 15.6. The summed E-state index contributed by atoms with van der Waals surface area (Å²) in [5.41, 5.74) is 18.8. The monoisotopic (exact) mass is 958 g/mol. The second kappa shape index (κ2) is 16.9. The molecule has 0 spiro atoms.